The first-order valence-electron chi connectivity index (χ1n) is 10.3. The number of pyridine rings is 1. The number of thioether (sulfide) groups is 1. The van der Waals surface area contributed by atoms with Crippen molar-refractivity contribution in [3.63, 3.8) is 0 Å². The molecule has 1 heterocycles. The molecule has 1 aromatic heterocycles. The lowest BCUT2D eigenvalue weighted by molar-refractivity contribution is 0.0787. The van der Waals surface area contributed by atoms with Gasteiger partial charge in [-0.25, -0.2) is 4.98 Å². The molecule has 3 aromatic rings. The Kier molecular flexibility index (Phi) is 7.77. The first-order chi connectivity index (χ1) is 14.5. The molecule has 2 N–H and O–H groups in total. The van der Waals surface area contributed by atoms with Crippen molar-refractivity contribution in [2.75, 3.05) is 24.7 Å². The summed E-state index contributed by atoms with van der Waals surface area (Å²) in [6.07, 6.45) is 3.22. The molecule has 0 aliphatic carbocycles. The number of aromatic nitrogens is 1. The lowest BCUT2D eigenvalue weighted by Crippen LogP contribution is -2.10. The maximum Gasteiger partial charge on any atom is 0.127 e. The van der Waals surface area contributed by atoms with E-state index in [1.165, 1.54) is 4.90 Å². The number of phenols is 1. The molecule has 0 unspecified atom stereocenters. The molecule has 0 bridgehead atoms. The van der Waals surface area contributed by atoms with Gasteiger partial charge in [0.15, 0.2) is 0 Å². The van der Waals surface area contributed by atoms with E-state index in [1.807, 2.05) is 39.0 Å². The number of phenolic OH excluding ortho intramolecular Hbond substituents is 1. The Hall–Kier alpha value is -2.50. The van der Waals surface area contributed by atoms with Crippen LogP contribution in [0, 0.1) is 6.92 Å². The Balaban J connectivity index is 1.92. The first-order valence-corrected chi connectivity index (χ1v) is 11.5. The number of nitrogens with one attached hydrogen (secondary N) is 1. The summed E-state index contributed by atoms with van der Waals surface area (Å²) >= 11 is 1.73. The summed E-state index contributed by atoms with van der Waals surface area (Å²) < 4.78 is 5.62. The van der Waals surface area contributed by atoms with Crippen molar-refractivity contribution >= 4 is 17.6 Å². The van der Waals surface area contributed by atoms with E-state index >= 15 is 0 Å². The van der Waals surface area contributed by atoms with Gasteiger partial charge >= 0.3 is 0 Å². The normalized spacial score (nSPS) is 11.1. The number of nitrogens with zero attached hydrogens (tertiary/aromatic N) is 1. The van der Waals surface area contributed by atoms with Gasteiger partial charge in [0.25, 0.3) is 0 Å². The van der Waals surface area contributed by atoms with Gasteiger partial charge in [-0.3, -0.25) is 0 Å². The van der Waals surface area contributed by atoms with Crippen molar-refractivity contribution in [1.29, 1.82) is 0 Å². The molecule has 0 saturated heterocycles. The number of aryl methyl sites for hydroxylation is 1. The smallest absolute Gasteiger partial charge is 0.127 e. The highest BCUT2D eigenvalue weighted by Gasteiger charge is 2.11. The molecule has 2 aromatic carbocycles. The number of hydrogen-bond donors (Lipinski definition) is 2. The van der Waals surface area contributed by atoms with Crippen LogP contribution >= 0.6 is 11.8 Å². The van der Waals surface area contributed by atoms with E-state index < -0.39 is 0 Å². The summed E-state index contributed by atoms with van der Waals surface area (Å²) in [5.41, 5.74) is 4.76. The van der Waals surface area contributed by atoms with Crippen LogP contribution in [0.4, 0.5) is 5.82 Å². The molecule has 158 valence electrons. The van der Waals surface area contributed by atoms with E-state index in [-0.39, 0.29) is 11.9 Å². The average molecular weight is 423 g/mol. The average Bonchev–Trinajstić information content (AvgIpc) is 2.75. The molecule has 3 rings (SSSR count). The molecule has 0 aliphatic heterocycles. The second kappa shape index (κ2) is 10.5. The van der Waals surface area contributed by atoms with Crippen molar-refractivity contribution in [3.8, 4) is 28.1 Å². The predicted octanol–water partition coefficient (Wildman–Crippen LogP) is 6.38. The minimum absolute atomic E-state index is 0.235. The zero-order chi connectivity index (χ0) is 21.5. The molecule has 0 atom stereocenters. The highest BCUT2D eigenvalue weighted by Crippen LogP contribution is 2.33. The minimum Gasteiger partial charge on any atom is -0.507 e. The summed E-state index contributed by atoms with van der Waals surface area (Å²) in [7, 11) is 0. The van der Waals surface area contributed by atoms with Crippen molar-refractivity contribution in [2.24, 2.45) is 0 Å². The molecular weight excluding hydrogens is 392 g/mol. The van der Waals surface area contributed by atoms with E-state index in [0.717, 1.165) is 46.7 Å². The molecule has 0 saturated carbocycles. The number of rotatable bonds is 9. The van der Waals surface area contributed by atoms with Crippen molar-refractivity contribution in [3.05, 3.63) is 60.2 Å². The first kappa shape index (κ1) is 22.2. The van der Waals surface area contributed by atoms with Crippen LogP contribution in [0.3, 0.4) is 0 Å². The van der Waals surface area contributed by atoms with Gasteiger partial charge in [0.05, 0.1) is 11.8 Å². The third kappa shape index (κ3) is 6.00. The van der Waals surface area contributed by atoms with Crippen molar-refractivity contribution in [1.82, 2.24) is 4.98 Å². The molecule has 0 amide bonds. The van der Waals surface area contributed by atoms with Gasteiger partial charge in [0.1, 0.15) is 11.6 Å². The predicted molar refractivity (Wildman–Crippen MR) is 127 cm³/mol. The fourth-order valence-electron chi connectivity index (χ4n) is 3.17. The van der Waals surface area contributed by atoms with Crippen LogP contribution in [0.1, 0.15) is 25.8 Å². The molecule has 5 heteroatoms. The van der Waals surface area contributed by atoms with Crippen LogP contribution in [0.25, 0.3) is 22.4 Å². The summed E-state index contributed by atoms with van der Waals surface area (Å²) in [4.78, 5) is 6.01. The Morgan fingerprint density at radius 2 is 1.80 bits per heavy atom. The maximum absolute atomic E-state index is 10.4. The standard InChI is InChI=1S/C25H30N2O2S/c1-17(2)29-13-5-12-26-25-16-20(19-7-9-21(30-4)10-8-19)15-23(27-25)22-14-18(3)6-11-24(22)28/h6-11,14-17,28H,5,12-13H2,1-4H3,(H,26,27). The van der Waals surface area contributed by atoms with E-state index in [0.29, 0.717) is 6.61 Å². The highest BCUT2D eigenvalue weighted by molar-refractivity contribution is 7.98. The zero-order valence-electron chi connectivity index (χ0n) is 18.1. The van der Waals surface area contributed by atoms with E-state index in [9.17, 15) is 5.11 Å². The van der Waals surface area contributed by atoms with Gasteiger partial charge in [-0.1, -0.05) is 23.8 Å². The number of ether oxygens (including phenoxy) is 1. The molecule has 0 aliphatic rings. The lowest BCUT2D eigenvalue weighted by Gasteiger charge is -2.13. The van der Waals surface area contributed by atoms with Crippen LogP contribution in [-0.2, 0) is 4.74 Å². The molecule has 30 heavy (non-hydrogen) atoms. The summed E-state index contributed by atoms with van der Waals surface area (Å²) in [6, 6.07) is 18.2. The van der Waals surface area contributed by atoms with Crippen LogP contribution in [-0.4, -0.2) is 35.6 Å². The Morgan fingerprint density at radius 3 is 2.50 bits per heavy atom. The fourth-order valence-corrected chi connectivity index (χ4v) is 3.58. The van der Waals surface area contributed by atoms with Crippen LogP contribution < -0.4 is 5.32 Å². The van der Waals surface area contributed by atoms with Crippen molar-refractivity contribution < 1.29 is 9.84 Å². The van der Waals surface area contributed by atoms with Gasteiger partial charge in [0, 0.05) is 23.6 Å². The number of hydrogen-bond acceptors (Lipinski definition) is 5. The Bertz CT molecular complexity index is 971. The second-order valence-corrected chi connectivity index (χ2v) is 8.45. The second-order valence-electron chi connectivity index (χ2n) is 7.58. The van der Waals surface area contributed by atoms with Gasteiger partial charge < -0.3 is 15.2 Å². The topological polar surface area (TPSA) is 54.4 Å². The summed E-state index contributed by atoms with van der Waals surface area (Å²) in [6.45, 7) is 7.59. The van der Waals surface area contributed by atoms with E-state index in [1.54, 1.807) is 17.8 Å². The van der Waals surface area contributed by atoms with Crippen LogP contribution in [0.5, 0.6) is 5.75 Å². The number of aromatic hydroxyl groups is 1. The largest absolute Gasteiger partial charge is 0.507 e. The molecule has 4 nitrogen and oxygen atoms in total. The van der Waals surface area contributed by atoms with Gasteiger partial charge in [-0.05, 0) is 81.0 Å². The Morgan fingerprint density at radius 1 is 1.03 bits per heavy atom. The van der Waals surface area contributed by atoms with Crippen molar-refractivity contribution in [2.45, 2.75) is 38.2 Å². The molecule has 0 radical (unpaired) electrons. The van der Waals surface area contributed by atoms with Crippen LogP contribution in [0.15, 0.2) is 59.5 Å². The SMILES string of the molecule is CSc1ccc(-c2cc(NCCCOC(C)C)nc(-c3cc(C)ccc3O)c2)cc1. The summed E-state index contributed by atoms with van der Waals surface area (Å²) in [5, 5.41) is 13.8. The number of anilines is 1. The van der Waals surface area contributed by atoms with E-state index in [4.69, 9.17) is 9.72 Å². The Labute approximate surface area is 183 Å². The van der Waals surface area contributed by atoms with Gasteiger partial charge in [-0.15, -0.1) is 11.8 Å². The third-order valence-corrected chi connectivity index (χ3v) is 5.50. The van der Waals surface area contributed by atoms with Crippen LogP contribution in [0.2, 0.25) is 0 Å². The quantitative estimate of drug-likeness (QED) is 0.310. The third-order valence-electron chi connectivity index (χ3n) is 4.76. The van der Waals surface area contributed by atoms with E-state index in [2.05, 4.69) is 41.9 Å². The van der Waals surface area contributed by atoms with Gasteiger partial charge in [0.2, 0.25) is 0 Å². The maximum atomic E-state index is 10.4. The van der Waals surface area contributed by atoms with Gasteiger partial charge in [-0.2, -0.15) is 0 Å². The fraction of sp³-hybridized carbons (Fsp3) is 0.320. The summed E-state index contributed by atoms with van der Waals surface area (Å²) in [5.74, 6) is 1.03. The molecule has 0 fully saturated rings. The lowest BCUT2D eigenvalue weighted by atomic mass is 10.0. The number of benzene rings is 2. The molecule has 0 spiro atoms. The monoisotopic (exact) mass is 422 g/mol. The highest BCUT2D eigenvalue weighted by atomic mass is 32.2. The minimum atomic E-state index is 0.235. The zero-order valence-corrected chi connectivity index (χ0v) is 18.9. The molecular formula is C25H30N2O2S.